The summed E-state index contributed by atoms with van der Waals surface area (Å²) in [5.74, 6) is 0. The van der Waals surface area contributed by atoms with Gasteiger partial charge in [0, 0.05) is 26.3 Å². The monoisotopic (exact) mass is 361 g/mol. The number of amides is 2. The molecule has 0 heterocycles. The van der Waals surface area contributed by atoms with E-state index in [4.69, 9.17) is 0 Å². The Morgan fingerprint density at radius 2 is 1.68 bits per heavy atom. The Morgan fingerprint density at radius 3 is 2.28 bits per heavy atom. The van der Waals surface area contributed by atoms with Crippen molar-refractivity contribution < 1.29 is 13.2 Å². The lowest BCUT2D eigenvalue weighted by molar-refractivity contribution is 0.251. The molecule has 2 rings (SSSR count). The molecule has 0 aliphatic rings. The Hall–Kier alpha value is -2.38. The van der Waals surface area contributed by atoms with Crippen molar-refractivity contribution in [2.75, 3.05) is 19.4 Å². The number of carbonyl (C=O) groups excluding carboxylic acids is 1. The number of sulfonamides is 1. The van der Waals surface area contributed by atoms with Crippen molar-refractivity contribution in [3.05, 3.63) is 59.2 Å². The number of hydrogen-bond acceptors (Lipinski definition) is 3. The molecule has 0 fully saturated rings. The predicted octanol–water partition coefficient (Wildman–Crippen LogP) is 2.88. The van der Waals surface area contributed by atoms with E-state index in [1.165, 1.54) is 26.2 Å². The average Bonchev–Trinajstić information content (AvgIpc) is 2.56. The molecule has 0 unspecified atom stereocenters. The zero-order chi connectivity index (χ0) is 18.6. The minimum Gasteiger partial charge on any atom is -0.334 e. The van der Waals surface area contributed by atoms with E-state index in [-0.39, 0.29) is 10.9 Å². The smallest absolute Gasteiger partial charge is 0.319 e. The van der Waals surface area contributed by atoms with E-state index in [9.17, 15) is 13.2 Å². The quantitative estimate of drug-likeness (QED) is 0.859. The van der Waals surface area contributed by atoms with Crippen LogP contribution in [0.25, 0.3) is 0 Å². The standard InChI is InChI=1S/C18H23N3O3S/c1-13-5-6-14(2)17(11-13)20-18(22)19-12-15-7-9-16(10-8-15)25(23,24)21(3)4/h5-11H,12H2,1-4H3,(H2,19,20,22). The molecular formula is C18H23N3O3S. The highest BCUT2D eigenvalue weighted by molar-refractivity contribution is 7.89. The Bertz CT molecular complexity index is 860. The molecule has 6 nitrogen and oxygen atoms in total. The van der Waals surface area contributed by atoms with E-state index in [0.29, 0.717) is 6.54 Å². The van der Waals surface area contributed by atoms with E-state index in [2.05, 4.69) is 10.6 Å². The second-order valence-corrected chi connectivity index (χ2v) is 8.21. The van der Waals surface area contributed by atoms with E-state index >= 15 is 0 Å². The van der Waals surface area contributed by atoms with Crippen LogP contribution in [0, 0.1) is 13.8 Å². The highest BCUT2D eigenvalue weighted by atomic mass is 32.2. The van der Waals surface area contributed by atoms with Gasteiger partial charge in [0.2, 0.25) is 10.0 Å². The van der Waals surface area contributed by atoms with Crippen LogP contribution in [0.5, 0.6) is 0 Å². The summed E-state index contributed by atoms with van der Waals surface area (Å²) in [6, 6.07) is 12.0. The third-order valence-corrected chi connectivity index (χ3v) is 5.63. The molecule has 2 aromatic carbocycles. The van der Waals surface area contributed by atoms with Gasteiger partial charge >= 0.3 is 6.03 Å². The van der Waals surface area contributed by atoms with Crippen LogP contribution in [0.2, 0.25) is 0 Å². The average molecular weight is 361 g/mol. The lowest BCUT2D eigenvalue weighted by Gasteiger charge is -2.12. The van der Waals surface area contributed by atoms with E-state index in [1.807, 2.05) is 32.0 Å². The summed E-state index contributed by atoms with van der Waals surface area (Å²) >= 11 is 0. The first-order valence-corrected chi connectivity index (χ1v) is 9.28. The van der Waals surface area contributed by atoms with Crippen LogP contribution in [0.4, 0.5) is 10.5 Å². The minimum atomic E-state index is -3.44. The number of rotatable bonds is 5. The van der Waals surface area contributed by atoms with E-state index in [1.54, 1.807) is 12.1 Å². The molecule has 0 saturated heterocycles. The number of benzene rings is 2. The van der Waals surface area contributed by atoms with Crippen molar-refractivity contribution in [2.24, 2.45) is 0 Å². The van der Waals surface area contributed by atoms with Crippen LogP contribution in [0.3, 0.4) is 0 Å². The summed E-state index contributed by atoms with van der Waals surface area (Å²) in [5.41, 5.74) is 3.64. The molecule has 2 N–H and O–H groups in total. The zero-order valence-corrected chi connectivity index (χ0v) is 15.6. The van der Waals surface area contributed by atoms with Gasteiger partial charge in [-0.05, 0) is 48.7 Å². The number of hydrogen-bond donors (Lipinski definition) is 2. The van der Waals surface area contributed by atoms with Gasteiger partial charge in [-0.15, -0.1) is 0 Å². The molecule has 0 bridgehead atoms. The van der Waals surface area contributed by atoms with E-state index < -0.39 is 10.0 Å². The van der Waals surface area contributed by atoms with Crippen LogP contribution in [0.1, 0.15) is 16.7 Å². The second-order valence-electron chi connectivity index (χ2n) is 6.06. The van der Waals surface area contributed by atoms with Crippen LogP contribution in [-0.4, -0.2) is 32.8 Å². The largest absolute Gasteiger partial charge is 0.334 e. The molecule has 0 spiro atoms. The first kappa shape index (κ1) is 19.0. The SMILES string of the molecule is Cc1ccc(C)c(NC(=O)NCc2ccc(S(=O)(=O)N(C)C)cc2)c1. The van der Waals surface area contributed by atoms with Gasteiger partial charge in [-0.25, -0.2) is 17.5 Å². The third-order valence-electron chi connectivity index (χ3n) is 3.80. The molecular weight excluding hydrogens is 338 g/mol. The summed E-state index contributed by atoms with van der Waals surface area (Å²) in [6.07, 6.45) is 0. The van der Waals surface area contributed by atoms with Crippen molar-refractivity contribution >= 4 is 21.7 Å². The van der Waals surface area contributed by atoms with Crippen molar-refractivity contribution in [3.63, 3.8) is 0 Å². The number of urea groups is 1. The van der Waals surface area contributed by atoms with Crippen molar-refractivity contribution in [3.8, 4) is 0 Å². The molecule has 25 heavy (non-hydrogen) atoms. The topological polar surface area (TPSA) is 78.5 Å². The van der Waals surface area contributed by atoms with Gasteiger partial charge in [-0.3, -0.25) is 0 Å². The Kier molecular flexibility index (Phi) is 5.81. The fourth-order valence-electron chi connectivity index (χ4n) is 2.21. The Labute approximate surface area is 148 Å². The minimum absolute atomic E-state index is 0.223. The van der Waals surface area contributed by atoms with Crippen molar-refractivity contribution in [2.45, 2.75) is 25.3 Å². The molecule has 7 heteroatoms. The third kappa shape index (κ3) is 4.80. The predicted molar refractivity (Wildman–Crippen MR) is 99.1 cm³/mol. The summed E-state index contributed by atoms with van der Waals surface area (Å²) in [5, 5.41) is 5.58. The first-order valence-electron chi connectivity index (χ1n) is 7.84. The van der Waals surface area contributed by atoms with Gasteiger partial charge in [0.1, 0.15) is 0 Å². The summed E-state index contributed by atoms with van der Waals surface area (Å²) < 4.78 is 25.2. The fraction of sp³-hybridized carbons (Fsp3) is 0.278. The molecule has 134 valence electrons. The van der Waals surface area contributed by atoms with Gasteiger partial charge in [0.25, 0.3) is 0 Å². The van der Waals surface area contributed by atoms with Gasteiger partial charge in [0.15, 0.2) is 0 Å². The van der Waals surface area contributed by atoms with Crippen LogP contribution >= 0.6 is 0 Å². The number of anilines is 1. The molecule has 0 saturated carbocycles. The second kappa shape index (κ2) is 7.67. The lowest BCUT2D eigenvalue weighted by Crippen LogP contribution is -2.28. The van der Waals surface area contributed by atoms with Crippen molar-refractivity contribution in [1.82, 2.24) is 9.62 Å². The highest BCUT2D eigenvalue weighted by Crippen LogP contribution is 2.16. The van der Waals surface area contributed by atoms with Gasteiger partial charge in [0.05, 0.1) is 4.90 Å². The summed E-state index contributed by atoms with van der Waals surface area (Å²) in [7, 11) is -0.464. The highest BCUT2D eigenvalue weighted by Gasteiger charge is 2.16. The Balaban J connectivity index is 1.97. The van der Waals surface area contributed by atoms with E-state index in [0.717, 1.165) is 26.7 Å². The molecule has 2 aromatic rings. The Morgan fingerprint density at radius 1 is 1.04 bits per heavy atom. The van der Waals surface area contributed by atoms with Crippen LogP contribution in [0.15, 0.2) is 47.4 Å². The van der Waals surface area contributed by atoms with Gasteiger partial charge in [-0.2, -0.15) is 0 Å². The van der Waals surface area contributed by atoms with Crippen LogP contribution < -0.4 is 10.6 Å². The van der Waals surface area contributed by atoms with Crippen LogP contribution in [-0.2, 0) is 16.6 Å². The number of nitrogens with zero attached hydrogens (tertiary/aromatic N) is 1. The maximum Gasteiger partial charge on any atom is 0.319 e. The molecule has 0 aromatic heterocycles. The fourth-order valence-corrected chi connectivity index (χ4v) is 3.11. The molecule has 0 atom stereocenters. The number of nitrogens with one attached hydrogen (secondary N) is 2. The first-order chi connectivity index (χ1) is 11.7. The normalized spacial score (nSPS) is 11.4. The molecule has 0 aliphatic carbocycles. The summed E-state index contributed by atoms with van der Waals surface area (Å²) in [6.45, 7) is 4.20. The molecule has 2 amide bonds. The number of carbonyl (C=O) groups is 1. The maximum atomic E-state index is 12.0. The van der Waals surface area contributed by atoms with Gasteiger partial charge < -0.3 is 10.6 Å². The molecule has 0 radical (unpaired) electrons. The molecule has 0 aliphatic heterocycles. The van der Waals surface area contributed by atoms with Gasteiger partial charge in [-0.1, -0.05) is 24.3 Å². The number of aryl methyl sites for hydroxylation is 2. The zero-order valence-electron chi connectivity index (χ0n) is 14.8. The lowest BCUT2D eigenvalue weighted by atomic mass is 10.1. The van der Waals surface area contributed by atoms with Crippen molar-refractivity contribution in [1.29, 1.82) is 0 Å². The maximum absolute atomic E-state index is 12.0. The summed E-state index contributed by atoms with van der Waals surface area (Å²) in [4.78, 5) is 12.3.